The van der Waals surface area contributed by atoms with Gasteiger partial charge in [-0.3, -0.25) is 4.79 Å². The number of ether oxygens (including phenoxy) is 1. The van der Waals surface area contributed by atoms with E-state index in [0.717, 1.165) is 22.4 Å². The lowest BCUT2D eigenvalue weighted by atomic mass is 9.93. The Hall–Kier alpha value is -3.61. The summed E-state index contributed by atoms with van der Waals surface area (Å²) in [6.45, 7) is 5.72. The van der Waals surface area contributed by atoms with Crippen LogP contribution < -0.4 is 10.1 Å². The van der Waals surface area contributed by atoms with Crippen molar-refractivity contribution in [2.45, 2.75) is 33.3 Å². The molecule has 0 radical (unpaired) electrons. The van der Waals surface area contributed by atoms with Gasteiger partial charge in [0.05, 0.1) is 16.8 Å². The molecule has 1 amide bonds. The van der Waals surface area contributed by atoms with E-state index in [2.05, 4.69) is 10.5 Å². The Bertz CT molecular complexity index is 1310. The van der Waals surface area contributed by atoms with Gasteiger partial charge >= 0.3 is 0 Å². The van der Waals surface area contributed by atoms with E-state index in [1.54, 1.807) is 19.2 Å². The smallest absolute Gasteiger partial charge is 0.255 e. The third kappa shape index (κ3) is 2.91. The van der Waals surface area contributed by atoms with Crippen LogP contribution in [0.15, 0.2) is 39.3 Å². The average Bonchev–Trinajstić information content (AvgIpc) is 3.41. The first kappa shape index (κ1) is 19.4. The molecule has 0 saturated heterocycles. The predicted octanol–water partition coefficient (Wildman–Crippen LogP) is 5.19. The number of hydrogen-bond donors (Lipinski definition) is 1. The van der Waals surface area contributed by atoms with Crippen LogP contribution in [-0.4, -0.2) is 24.2 Å². The Morgan fingerprint density at radius 3 is 2.61 bits per heavy atom. The zero-order valence-electron chi connectivity index (χ0n) is 17.6. The summed E-state index contributed by atoms with van der Waals surface area (Å²) in [5, 5.41) is 7.50. The summed E-state index contributed by atoms with van der Waals surface area (Å²) in [4.78, 5) is 12.9. The highest BCUT2D eigenvalue weighted by molar-refractivity contribution is 6.13. The number of halogens is 1. The average molecular weight is 420 g/mol. The van der Waals surface area contributed by atoms with Crippen molar-refractivity contribution in [1.82, 2.24) is 10.5 Å². The number of aromatic nitrogens is 1. The fourth-order valence-corrected chi connectivity index (χ4v) is 4.38. The quantitative estimate of drug-likeness (QED) is 0.493. The molecule has 0 saturated carbocycles. The molecule has 1 unspecified atom stereocenters. The minimum absolute atomic E-state index is 0.0541. The second-order valence-electron chi connectivity index (χ2n) is 7.83. The summed E-state index contributed by atoms with van der Waals surface area (Å²) < 4.78 is 31.3. The predicted molar refractivity (Wildman–Crippen MR) is 114 cm³/mol. The Morgan fingerprint density at radius 2 is 1.97 bits per heavy atom. The van der Waals surface area contributed by atoms with Gasteiger partial charge in [0.25, 0.3) is 5.91 Å². The van der Waals surface area contributed by atoms with Gasteiger partial charge in [-0.25, -0.2) is 4.39 Å². The number of hydrogen-bond acceptors (Lipinski definition) is 5. The molecule has 0 bridgehead atoms. The van der Waals surface area contributed by atoms with E-state index < -0.39 is 0 Å². The second kappa shape index (κ2) is 6.97. The van der Waals surface area contributed by atoms with E-state index in [9.17, 15) is 9.18 Å². The highest BCUT2D eigenvalue weighted by Gasteiger charge is 2.33. The molecule has 2 aromatic carbocycles. The fourth-order valence-electron chi connectivity index (χ4n) is 4.38. The molecule has 1 aliphatic heterocycles. The lowest BCUT2D eigenvalue weighted by Gasteiger charge is -2.10. The molecule has 7 heteroatoms. The third-order valence-electron chi connectivity index (χ3n) is 5.71. The number of fused-ring (bicyclic) bond motifs is 3. The van der Waals surface area contributed by atoms with Gasteiger partial charge < -0.3 is 19.0 Å². The minimum Gasteiger partial charge on any atom is -0.489 e. The Kier molecular flexibility index (Phi) is 4.36. The molecule has 4 aromatic rings. The normalized spacial score (nSPS) is 15.2. The fraction of sp³-hybridized carbons (Fsp3) is 0.250. The van der Waals surface area contributed by atoms with Gasteiger partial charge in [0.2, 0.25) is 0 Å². The summed E-state index contributed by atoms with van der Waals surface area (Å²) in [5.41, 5.74) is 4.94. The van der Waals surface area contributed by atoms with Crippen LogP contribution in [0.4, 0.5) is 4.39 Å². The SMILES string of the molecule is CNC(=O)c1c(-c2ccc(F)cc2)oc2cc(-c3c(C)noc3C)c3c(c12)CC(C)O3. The summed E-state index contributed by atoms with van der Waals surface area (Å²) in [7, 11) is 1.58. The van der Waals surface area contributed by atoms with Crippen LogP contribution in [0.25, 0.3) is 33.4 Å². The maximum absolute atomic E-state index is 13.5. The molecule has 1 atom stereocenters. The van der Waals surface area contributed by atoms with Crippen molar-refractivity contribution in [3.05, 3.63) is 58.7 Å². The van der Waals surface area contributed by atoms with Crippen LogP contribution in [0, 0.1) is 19.7 Å². The second-order valence-corrected chi connectivity index (χ2v) is 7.83. The summed E-state index contributed by atoms with van der Waals surface area (Å²) in [6, 6.07) is 7.78. The number of nitrogens with zero attached hydrogens (tertiary/aromatic N) is 1. The molecule has 0 spiro atoms. The Labute approximate surface area is 178 Å². The van der Waals surface area contributed by atoms with Crippen LogP contribution in [0.5, 0.6) is 5.75 Å². The summed E-state index contributed by atoms with van der Waals surface area (Å²) in [6.07, 6.45) is 0.580. The molecule has 158 valence electrons. The molecular formula is C24H21FN2O4. The molecule has 1 aliphatic rings. The van der Waals surface area contributed by atoms with Gasteiger partial charge in [-0.2, -0.15) is 0 Å². The van der Waals surface area contributed by atoms with Crippen molar-refractivity contribution in [2.24, 2.45) is 0 Å². The van der Waals surface area contributed by atoms with Gasteiger partial charge in [0, 0.05) is 35.5 Å². The van der Waals surface area contributed by atoms with Crippen molar-refractivity contribution >= 4 is 16.9 Å². The first-order valence-corrected chi connectivity index (χ1v) is 10.1. The molecule has 1 N–H and O–H groups in total. The van der Waals surface area contributed by atoms with E-state index >= 15 is 0 Å². The van der Waals surface area contributed by atoms with E-state index in [4.69, 9.17) is 13.7 Å². The monoisotopic (exact) mass is 420 g/mol. The Balaban J connectivity index is 1.87. The molecule has 2 aromatic heterocycles. The molecule has 0 fully saturated rings. The van der Waals surface area contributed by atoms with Gasteiger partial charge in [-0.15, -0.1) is 0 Å². The lowest BCUT2D eigenvalue weighted by molar-refractivity contribution is 0.0964. The third-order valence-corrected chi connectivity index (χ3v) is 5.71. The number of nitrogens with one attached hydrogen (secondary N) is 1. The van der Waals surface area contributed by atoms with E-state index in [1.807, 2.05) is 26.8 Å². The van der Waals surface area contributed by atoms with E-state index in [0.29, 0.717) is 45.8 Å². The van der Waals surface area contributed by atoms with Gasteiger partial charge in [0.15, 0.2) is 0 Å². The summed E-state index contributed by atoms with van der Waals surface area (Å²) >= 11 is 0. The van der Waals surface area contributed by atoms with Gasteiger partial charge in [-0.05, 0) is 51.1 Å². The standard InChI is InChI=1S/C24H21FN2O4/c1-11-9-16-20-18(10-17(23(16)29-11)19-12(2)27-31-13(19)3)30-22(21(20)24(28)26-4)14-5-7-15(25)8-6-14/h5-8,10-11H,9H2,1-4H3,(H,26,28). The molecule has 5 rings (SSSR count). The zero-order chi connectivity index (χ0) is 21.9. The number of benzene rings is 2. The summed E-state index contributed by atoms with van der Waals surface area (Å²) in [5.74, 6) is 1.16. The number of aryl methyl sites for hydroxylation is 2. The number of amides is 1. The highest BCUT2D eigenvalue weighted by atomic mass is 19.1. The Morgan fingerprint density at radius 1 is 1.23 bits per heavy atom. The van der Waals surface area contributed by atoms with Crippen LogP contribution in [0.3, 0.4) is 0 Å². The maximum Gasteiger partial charge on any atom is 0.255 e. The lowest BCUT2D eigenvalue weighted by Crippen LogP contribution is -2.18. The van der Waals surface area contributed by atoms with Crippen molar-refractivity contribution in [3.63, 3.8) is 0 Å². The molecule has 6 nitrogen and oxygen atoms in total. The first-order chi connectivity index (χ1) is 14.9. The number of carbonyl (C=O) groups is 1. The van der Waals surface area contributed by atoms with E-state index in [1.165, 1.54) is 12.1 Å². The molecular weight excluding hydrogens is 399 g/mol. The van der Waals surface area contributed by atoms with Gasteiger partial charge in [-0.1, -0.05) is 5.16 Å². The van der Waals surface area contributed by atoms with Gasteiger partial charge in [0.1, 0.15) is 34.8 Å². The highest BCUT2D eigenvalue weighted by Crippen LogP contribution is 2.48. The molecule has 31 heavy (non-hydrogen) atoms. The molecule has 0 aliphatic carbocycles. The maximum atomic E-state index is 13.5. The number of carbonyl (C=O) groups excluding carboxylic acids is 1. The molecule has 3 heterocycles. The largest absolute Gasteiger partial charge is 0.489 e. The number of rotatable bonds is 3. The first-order valence-electron chi connectivity index (χ1n) is 10.1. The topological polar surface area (TPSA) is 77.5 Å². The van der Waals surface area contributed by atoms with Crippen LogP contribution >= 0.6 is 0 Å². The van der Waals surface area contributed by atoms with Crippen LogP contribution in [0.2, 0.25) is 0 Å². The van der Waals surface area contributed by atoms with Crippen molar-refractivity contribution in [3.8, 4) is 28.2 Å². The minimum atomic E-state index is -0.356. The van der Waals surface area contributed by atoms with Crippen molar-refractivity contribution in [1.29, 1.82) is 0 Å². The van der Waals surface area contributed by atoms with Crippen LogP contribution in [0.1, 0.15) is 34.3 Å². The van der Waals surface area contributed by atoms with Crippen molar-refractivity contribution < 1.29 is 22.9 Å². The zero-order valence-corrected chi connectivity index (χ0v) is 17.6. The van der Waals surface area contributed by atoms with Crippen LogP contribution in [-0.2, 0) is 6.42 Å². The van der Waals surface area contributed by atoms with Crippen molar-refractivity contribution in [2.75, 3.05) is 7.05 Å². The van der Waals surface area contributed by atoms with E-state index in [-0.39, 0.29) is 17.8 Å². The number of furan rings is 1.